The third kappa shape index (κ3) is 3.54. The first kappa shape index (κ1) is 19.0. The van der Waals surface area contributed by atoms with Gasteiger partial charge in [-0.25, -0.2) is 4.79 Å². The van der Waals surface area contributed by atoms with Crippen molar-refractivity contribution in [2.45, 2.75) is 48.3 Å². The molecule has 1 amide bonds. The molecule has 2 saturated heterocycles. The van der Waals surface area contributed by atoms with Crippen molar-refractivity contribution in [2.75, 3.05) is 0 Å². The van der Waals surface area contributed by atoms with Gasteiger partial charge < -0.3 is 14.7 Å². The molecule has 0 bridgehead atoms. The molecule has 0 aliphatic carbocycles. The second-order valence-corrected chi connectivity index (χ2v) is 8.64. The van der Waals surface area contributed by atoms with Gasteiger partial charge in [-0.15, -0.1) is 11.8 Å². The highest BCUT2D eigenvalue weighted by atomic mass is 32.2. The Morgan fingerprint density at radius 2 is 1.82 bits per heavy atom. The van der Waals surface area contributed by atoms with Gasteiger partial charge >= 0.3 is 5.97 Å². The van der Waals surface area contributed by atoms with Gasteiger partial charge in [0.2, 0.25) is 5.91 Å². The lowest BCUT2D eigenvalue weighted by molar-refractivity contribution is -0.172. The highest BCUT2D eigenvalue weighted by molar-refractivity contribution is 8.00. The predicted octanol–water partition coefficient (Wildman–Crippen LogP) is 2.87. The van der Waals surface area contributed by atoms with Gasteiger partial charge in [-0.05, 0) is 31.0 Å². The number of esters is 1. The summed E-state index contributed by atoms with van der Waals surface area (Å²) in [5, 5.41) is 9.88. The minimum Gasteiger partial charge on any atom is -0.459 e. The number of aliphatic hydroxyl groups excluding tert-OH is 1. The fourth-order valence-corrected chi connectivity index (χ4v) is 5.46. The molecule has 0 radical (unpaired) electrons. The Morgan fingerprint density at radius 1 is 1.18 bits per heavy atom. The van der Waals surface area contributed by atoms with Crippen molar-refractivity contribution in [3.8, 4) is 0 Å². The average molecular weight is 397 g/mol. The van der Waals surface area contributed by atoms with Crippen molar-refractivity contribution in [3.63, 3.8) is 0 Å². The van der Waals surface area contributed by atoms with E-state index in [0.717, 1.165) is 10.5 Å². The molecule has 2 fully saturated rings. The molecule has 28 heavy (non-hydrogen) atoms. The molecular weight excluding hydrogens is 374 g/mol. The zero-order chi connectivity index (χ0) is 19.7. The highest BCUT2D eigenvalue weighted by Crippen LogP contribution is 2.47. The standard InChI is InChI=1S/C22H23NO4S/c1-14(24)19-17-12-18(28-16-10-6-3-7-11-16)20(23(17)21(19)25)22(26)27-13-15-8-4-2-5-9-15/h2-11,14,17-20,24H,12-13H2,1H3. The molecular formula is C22H23NO4S. The van der Waals surface area contributed by atoms with Gasteiger partial charge in [0.25, 0.3) is 0 Å². The molecule has 5 unspecified atom stereocenters. The number of ether oxygens (including phenoxy) is 1. The number of thioether (sulfide) groups is 1. The van der Waals surface area contributed by atoms with Crippen molar-refractivity contribution in [1.29, 1.82) is 0 Å². The summed E-state index contributed by atoms with van der Waals surface area (Å²) in [7, 11) is 0. The lowest BCUT2D eigenvalue weighted by Gasteiger charge is -2.46. The van der Waals surface area contributed by atoms with Crippen molar-refractivity contribution in [3.05, 3.63) is 66.2 Å². The van der Waals surface area contributed by atoms with Gasteiger partial charge in [0.15, 0.2) is 0 Å². The maximum atomic E-state index is 12.9. The van der Waals surface area contributed by atoms with E-state index in [1.165, 1.54) is 0 Å². The Hall–Kier alpha value is -2.31. The Balaban J connectivity index is 1.52. The second kappa shape index (κ2) is 7.97. The SMILES string of the molecule is CC(O)C1C(=O)N2C1CC(Sc1ccccc1)C2C(=O)OCc1ccccc1. The number of hydrogen-bond acceptors (Lipinski definition) is 5. The normalized spacial score (nSPS) is 27.1. The third-order valence-corrected chi connectivity index (χ3v) is 6.75. The monoisotopic (exact) mass is 397 g/mol. The molecule has 2 aliphatic heterocycles. The van der Waals surface area contributed by atoms with Crippen LogP contribution in [-0.2, 0) is 20.9 Å². The summed E-state index contributed by atoms with van der Waals surface area (Å²) in [5.74, 6) is -0.958. The predicted molar refractivity (Wildman–Crippen MR) is 107 cm³/mol. The minimum atomic E-state index is -0.713. The van der Waals surface area contributed by atoms with E-state index in [1.54, 1.807) is 23.6 Å². The maximum Gasteiger partial charge on any atom is 0.330 e. The first-order chi connectivity index (χ1) is 13.6. The first-order valence-corrected chi connectivity index (χ1v) is 10.4. The molecule has 0 saturated carbocycles. The van der Waals surface area contributed by atoms with Crippen LogP contribution in [0.1, 0.15) is 18.9 Å². The van der Waals surface area contributed by atoms with Crippen molar-refractivity contribution >= 4 is 23.6 Å². The van der Waals surface area contributed by atoms with Crippen molar-refractivity contribution in [2.24, 2.45) is 5.92 Å². The summed E-state index contributed by atoms with van der Waals surface area (Å²) in [4.78, 5) is 28.2. The van der Waals surface area contributed by atoms with Crippen LogP contribution in [0.15, 0.2) is 65.6 Å². The van der Waals surface area contributed by atoms with E-state index in [2.05, 4.69) is 0 Å². The number of fused-ring (bicyclic) bond motifs is 1. The van der Waals surface area contributed by atoms with E-state index in [1.807, 2.05) is 60.7 Å². The number of amides is 1. The molecule has 2 heterocycles. The summed E-state index contributed by atoms with van der Waals surface area (Å²) in [5.41, 5.74) is 0.912. The smallest absolute Gasteiger partial charge is 0.330 e. The van der Waals surface area contributed by atoms with E-state index in [4.69, 9.17) is 4.74 Å². The number of benzene rings is 2. The summed E-state index contributed by atoms with van der Waals surface area (Å²) in [6.07, 6.45) is -0.0402. The molecule has 0 aromatic heterocycles. The molecule has 1 N–H and O–H groups in total. The van der Waals surface area contributed by atoms with E-state index in [-0.39, 0.29) is 29.8 Å². The van der Waals surface area contributed by atoms with E-state index < -0.39 is 18.1 Å². The number of rotatable bonds is 6. The van der Waals surface area contributed by atoms with Crippen LogP contribution >= 0.6 is 11.8 Å². The van der Waals surface area contributed by atoms with Crippen LogP contribution in [0.5, 0.6) is 0 Å². The quantitative estimate of drug-likeness (QED) is 0.600. The van der Waals surface area contributed by atoms with E-state index in [0.29, 0.717) is 6.42 Å². The Kier molecular flexibility index (Phi) is 5.42. The van der Waals surface area contributed by atoms with Crippen LogP contribution in [-0.4, -0.2) is 45.3 Å². The fraction of sp³-hybridized carbons (Fsp3) is 0.364. The number of nitrogens with zero attached hydrogens (tertiary/aromatic N) is 1. The molecule has 2 aromatic carbocycles. The molecule has 146 valence electrons. The number of hydrogen-bond donors (Lipinski definition) is 1. The second-order valence-electron chi connectivity index (χ2n) is 7.32. The lowest BCUT2D eigenvalue weighted by Crippen LogP contribution is -2.65. The molecule has 0 spiro atoms. The topological polar surface area (TPSA) is 66.8 Å². The Bertz CT molecular complexity index is 842. The summed E-state index contributed by atoms with van der Waals surface area (Å²) >= 11 is 1.60. The number of carbonyl (C=O) groups excluding carboxylic acids is 2. The van der Waals surface area contributed by atoms with Crippen LogP contribution in [0.4, 0.5) is 0 Å². The van der Waals surface area contributed by atoms with Crippen LogP contribution in [0.3, 0.4) is 0 Å². The van der Waals surface area contributed by atoms with E-state index >= 15 is 0 Å². The van der Waals surface area contributed by atoms with Crippen LogP contribution < -0.4 is 0 Å². The fourth-order valence-electron chi connectivity index (χ4n) is 4.13. The van der Waals surface area contributed by atoms with Gasteiger partial charge in [0.05, 0.1) is 12.0 Å². The van der Waals surface area contributed by atoms with Crippen LogP contribution in [0, 0.1) is 5.92 Å². The molecule has 2 aromatic rings. The summed E-state index contributed by atoms with van der Waals surface area (Å²) < 4.78 is 5.57. The van der Waals surface area contributed by atoms with Crippen LogP contribution in [0.2, 0.25) is 0 Å². The summed E-state index contributed by atoms with van der Waals surface area (Å²) in [6, 6.07) is 18.6. The van der Waals surface area contributed by atoms with E-state index in [9.17, 15) is 14.7 Å². The van der Waals surface area contributed by atoms with Gasteiger partial charge in [0.1, 0.15) is 12.6 Å². The van der Waals surface area contributed by atoms with Gasteiger partial charge in [0, 0.05) is 16.2 Å². The molecule has 6 heteroatoms. The zero-order valence-corrected chi connectivity index (χ0v) is 16.4. The number of β-lactam (4-membered cyclic amide) rings is 1. The molecule has 5 nitrogen and oxygen atoms in total. The number of aliphatic hydroxyl groups is 1. The van der Waals surface area contributed by atoms with Gasteiger partial charge in [-0.1, -0.05) is 48.5 Å². The van der Waals surface area contributed by atoms with Gasteiger partial charge in [-0.3, -0.25) is 4.79 Å². The molecule has 5 atom stereocenters. The average Bonchev–Trinajstić information content (AvgIpc) is 3.01. The van der Waals surface area contributed by atoms with Crippen molar-refractivity contribution in [1.82, 2.24) is 4.90 Å². The summed E-state index contributed by atoms with van der Waals surface area (Å²) in [6.45, 7) is 1.83. The maximum absolute atomic E-state index is 12.9. The minimum absolute atomic E-state index is 0.0941. The van der Waals surface area contributed by atoms with Crippen molar-refractivity contribution < 1.29 is 19.4 Å². The van der Waals surface area contributed by atoms with Gasteiger partial charge in [-0.2, -0.15) is 0 Å². The Labute approximate surface area is 168 Å². The van der Waals surface area contributed by atoms with Crippen LogP contribution in [0.25, 0.3) is 0 Å². The Morgan fingerprint density at radius 3 is 2.46 bits per heavy atom. The zero-order valence-electron chi connectivity index (χ0n) is 15.6. The highest BCUT2D eigenvalue weighted by Gasteiger charge is 2.61. The molecule has 2 aliphatic rings. The first-order valence-electron chi connectivity index (χ1n) is 9.49. The largest absolute Gasteiger partial charge is 0.459 e. The number of carbonyl (C=O) groups is 2. The third-order valence-electron chi connectivity index (χ3n) is 5.45. The lowest BCUT2D eigenvalue weighted by atomic mass is 9.84. The molecule has 4 rings (SSSR count).